The third kappa shape index (κ3) is 6.16. The summed E-state index contributed by atoms with van der Waals surface area (Å²) in [6.07, 6.45) is 0.810. The largest absolute Gasteiger partial charge is 0.484 e. The Kier molecular flexibility index (Phi) is 7.44. The molecule has 0 aromatic heterocycles. The van der Waals surface area contributed by atoms with Crippen LogP contribution >= 0.6 is 0 Å². The van der Waals surface area contributed by atoms with Gasteiger partial charge in [-0.05, 0) is 54.8 Å². The maximum absolute atomic E-state index is 12.6. The Labute approximate surface area is 183 Å². The molecule has 31 heavy (non-hydrogen) atoms. The number of para-hydroxylation sites is 1. The highest BCUT2D eigenvalue weighted by Crippen LogP contribution is 2.20. The van der Waals surface area contributed by atoms with E-state index in [1.165, 1.54) is 24.3 Å². The zero-order valence-electron chi connectivity index (χ0n) is 17.5. The van der Waals surface area contributed by atoms with Gasteiger partial charge in [-0.15, -0.1) is 0 Å². The van der Waals surface area contributed by atoms with Gasteiger partial charge in [0, 0.05) is 11.7 Å². The van der Waals surface area contributed by atoms with Crippen LogP contribution in [0.3, 0.4) is 0 Å². The Morgan fingerprint density at radius 1 is 0.935 bits per heavy atom. The Morgan fingerprint density at radius 3 is 2.26 bits per heavy atom. The molecule has 0 spiro atoms. The molecular weight excluding hydrogens is 412 g/mol. The summed E-state index contributed by atoms with van der Waals surface area (Å²) < 4.78 is 33.4. The van der Waals surface area contributed by atoms with Crippen molar-refractivity contribution < 1.29 is 17.9 Å². The number of carbonyl (C=O) groups excluding carboxylic acids is 1. The van der Waals surface area contributed by atoms with Gasteiger partial charge in [-0.1, -0.05) is 55.5 Å². The molecule has 3 aromatic rings. The molecule has 6 nitrogen and oxygen atoms in total. The highest BCUT2D eigenvalue weighted by atomic mass is 32.2. The van der Waals surface area contributed by atoms with Crippen LogP contribution in [-0.2, 0) is 21.2 Å². The van der Waals surface area contributed by atoms with Gasteiger partial charge in [-0.3, -0.25) is 4.79 Å². The van der Waals surface area contributed by atoms with Crippen LogP contribution in [-0.4, -0.2) is 20.9 Å². The second-order valence-electron chi connectivity index (χ2n) is 7.07. The lowest BCUT2D eigenvalue weighted by Gasteiger charge is -2.15. The van der Waals surface area contributed by atoms with Crippen LogP contribution in [0.5, 0.6) is 5.75 Å². The molecule has 0 fully saturated rings. The number of carbonyl (C=O) groups is 1. The van der Waals surface area contributed by atoms with Gasteiger partial charge >= 0.3 is 0 Å². The van der Waals surface area contributed by atoms with Gasteiger partial charge in [-0.2, -0.15) is 0 Å². The van der Waals surface area contributed by atoms with Crippen LogP contribution in [0, 0.1) is 0 Å². The van der Waals surface area contributed by atoms with Crippen LogP contribution in [0.15, 0.2) is 83.8 Å². The van der Waals surface area contributed by atoms with Crippen molar-refractivity contribution in [3.8, 4) is 5.75 Å². The quantitative estimate of drug-likeness (QED) is 0.522. The Balaban J connectivity index is 1.57. The third-order valence-corrected chi connectivity index (χ3v) is 6.36. The van der Waals surface area contributed by atoms with Gasteiger partial charge in [0.15, 0.2) is 6.61 Å². The zero-order chi connectivity index (χ0) is 22.3. The molecule has 3 aromatic carbocycles. The van der Waals surface area contributed by atoms with Gasteiger partial charge in [0.25, 0.3) is 5.91 Å². The molecule has 0 heterocycles. The van der Waals surface area contributed by atoms with E-state index in [0.717, 1.165) is 23.2 Å². The predicted molar refractivity (Wildman–Crippen MR) is 122 cm³/mol. The molecule has 0 saturated carbocycles. The maximum Gasteiger partial charge on any atom is 0.262 e. The fourth-order valence-corrected chi connectivity index (χ4v) is 4.34. The molecule has 2 N–H and O–H groups in total. The third-order valence-electron chi connectivity index (χ3n) is 4.81. The maximum atomic E-state index is 12.6. The van der Waals surface area contributed by atoms with E-state index in [1.807, 2.05) is 61.5 Å². The first-order valence-corrected chi connectivity index (χ1v) is 11.5. The first-order chi connectivity index (χ1) is 14.9. The van der Waals surface area contributed by atoms with Gasteiger partial charge in [0.1, 0.15) is 5.75 Å². The molecule has 3 rings (SSSR count). The number of benzene rings is 3. The van der Waals surface area contributed by atoms with Gasteiger partial charge in [0.05, 0.1) is 4.90 Å². The molecule has 1 amide bonds. The highest BCUT2D eigenvalue weighted by Gasteiger charge is 2.18. The minimum atomic E-state index is -3.69. The standard InChI is InChI=1S/C24H26N2O4S/c1-3-19-9-7-8-12-23(19)25-24(27)17-30-21-13-15-22(16-14-21)31(28,29)26-18(2)20-10-5-4-6-11-20/h4-16,18,26H,3,17H2,1-2H3,(H,25,27)/t18-/m0/s1. The molecule has 0 bridgehead atoms. The summed E-state index contributed by atoms with van der Waals surface area (Å²) in [6, 6.07) is 22.6. The van der Waals surface area contributed by atoms with E-state index in [0.29, 0.717) is 5.75 Å². The van der Waals surface area contributed by atoms with E-state index in [2.05, 4.69) is 10.0 Å². The van der Waals surface area contributed by atoms with Crippen LogP contribution in [0.1, 0.15) is 31.0 Å². The number of anilines is 1. The van der Waals surface area contributed by atoms with Crippen LogP contribution in [0.4, 0.5) is 5.69 Å². The van der Waals surface area contributed by atoms with Crippen molar-refractivity contribution in [3.63, 3.8) is 0 Å². The Bertz CT molecular complexity index is 1110. The topological polar surface area (TPSA) is 84.5 Å². The molecule has 162 valence electrons. The number of amides is 1. The Morgan fingerprint density at radius 2 is 1.58 bits per heavy atom. The van der Waals surface area contributed by atoms with Gasteiger partial charge < -0.3 is 10.1 Å². The van der Waals surface area contributed by atoms with E-state index in [9.17, 15) is 13.2 Å². The second-order valence-corrected chi connectivity index (χ2v) is 8.79. The number of hydrogen-bond acceptors (Lipinski definition) is 4. The number of hydrogen-bond donors (Lipinski definition) is 2. The van der Waals surface area contributed by atoms with Crippen molar-refractivity contribution >= 4 is 21.6 Å². The lowest BCUT2D eigenvalue weighted by atomic mass is 10.1. The Hall–Kier alpha value is -3.16. The molecule has 1 atom stereocenters. The van der Waals surface area contributed by atoms with Crippen molar-refractivity contribution in [2.75, 3.05) is 11.9 Å². The van der Waals surface area contributed by atoms with E-state index >= 15 is 0 Å². The minimum Gasteiger partial charge on any atom is -0.484 e. The number of nitrogens with one attached hydrogen (secondary N) is 2. The van der Waals surface area contributed by atoms with Crippen molar-refractivity contribution in [2.24, 2.45) is 0 Å². The molecule has 0 aliphatic heterocycles. The number of aryl methyl sites for hydroxylation is 1. The normalized spacial score (nSPS) is 12.2. The molecule has 0 radical (unpaired) electrons. The summed E-state index contributed by atoms with van der Waals surface area (Å²) in [6.45, 7) is 3.64. The van der Waals surface area contributed by atoms with E-state index < -0.39 is 10.0 Å². The molecular formula is C24H26N2O4S. The summed E-state index contributed by atoms with van der Waals surface area (Å²) >= 11 is 0. The van der Waals surface area contributed by atoms with Crippen molar-refractivity contribution in [1.82, 2.24) is 4.72 Å². The van der Waals surface area contributed by atoms with Crippen LogP contribution in [0.2, 0.25) is 0 Å². The van der Waals surface area contributed by atoms with E-state index in [4.69, 9.17) is 4.74 Å². The smallest absolute Gasteiger partial charge is 0.262 e. The molecule has 0 aliphatic rings. The van der Waals surface area contributed by atoms with Crippen molar-refractivity contribution in [2.45, 2.75) is 31.2 Å². The summed E-state index contributed by atoms with van der Waals surface area (Å²) in [5.74, 6) is 0.130. The summed E-state index contributed by atoms with van der Waals surface area (Å²) in [5.41, 5.74) is 2.68. The minimum absolute atomic E-state index is 0.129. The summed E-state index contributed by atoms with van der Waals surface area (Å²) in [5, 5.41) is 2.83. The monoisotopic (exact) mass is 438 g/mol. The van der Waals surface area contributed by atoms with E-state index in [-0.39, 0.29) is 23.5 Å². The van der Waals surface area contributed by atoms with Gasteiger partial charge in [0.2, 0.25) is 10.0 Å². The first kappa shape index (κ1) is 22.5. The highest BCUT2D eigenvalue weighted by molar-refractivity contribution is 7.89. The predicted octanol–water partition coefficient (Wildman–Crippen LogP) is 4.31. The average molecular weight is 439 g/mol. The van der Waals surface area contributed by atoms with Crippen LogP contribution in [0.25, 0.3) is 0 Å². The number of ether oxygens (including phenoxy) is 1. The van der Waals surface area contributed by atoms with E-state index in [1.54, 1.807) is 6.92 Å². The van der Waals surface area contributed by atoms with Crippen LogP contribution < -0.4 is 14.8 Å². The van der Waals surface area contributed by atoms with Gasteiger partial charge in [-0.25, -0.2) is 13.1 Å². The zero-order valence-corrected chi connectivity index (χ0v) is 18.4. The number of rotatable bonds is 9. The SMILES string of the molecule is CCc1ccccc1NC(=O)COc1ccc(S(=O)(=O)N[C@@H](C)c2ccccc2)cc1. The van der Waals surface area contributed by atoms with Crippen molar-refractivity contribution in [3.05, 3.63) is 90.0 Å². The number of sulfonamides is 1. The first-order valence-electron chi connectivity index (χ1n) is 10.1. The lowest BCUT2D eigenvalue weighted by molar-refractivity contribution is -0.118. The molecule has 7 heteroatoms. The summed E-state index contributed by atoms with van der Waals surface area (Å²) in [4.78, 5) is 12.3. The fraction of sp³-hybridized carbons (Fsp3) is 0.208. The lowest BCUT2D eigenvalue weighted by Crippen LogP contribution is -2.26. The molecule has 0 unspecified atom stereocenters. The second kappa shape index (κ2) is 10.2. The van der Waals surface area contributed by atoms with Crippen molar-refractivity contribution in [1.29, 1.82) is 0 Å². The fourth-order valence-electron chi connectivity index (χ4n) is 3.11. The molecule has 0 aliphatic carbocycles. The summed E-state index contributed by atoms with van der Waals surface area (Å²) in [7, 11) is -3.69. The molecule has 0 saturated heterocycles. The average Bonchev–Trinajstić information content (AvgIpc) is 2.78.